The zero-order valence-corrected chi connectivity index (χ0v) is 11.9. The molecule has 1 N–H and O–H groups in total. The molecule has 0 saturated carbocycles. The van der Waals surface area contributed by atoms with E-state index < -0.39 is 0 Å². The highest BCUT2D eigenvalue weighted by molar-refractivity contribution is 5.91. The average molecular weight is 289 g/mol. The SMILES string of the molecule is COc1cc(C)ccc1OCC(=O)Nc1ccc(F)cc1. The Kier molecular flexibility index (Phi) is 4.77. The first kappa shape index (κ1) is 14.8. The number of aryl methyl sites for hydroxylation is 1. The molecule has 0 aliphatic carbocycles. The molecule has 0 fully saturated rings. The molecule has 0 heterocycles. The van der Waals surface area contributed by atoms with Gasteiger partial charge >= 0.3 is 0 Å². The largest absolute Gasteiger partial charge is 0.493 e. The first-order chi connectivity index (χ1) is 10.1. The summed E-state index contributed by atoms with van der Waals surface area (Å²) >= 11 is 0. The Morgan fingerprint density at radius 2 is 1.86 bits per heavy atom. The third-order valence-corrected chi connectivity index (χ3v) is 2.81. The molecule has 0 aliphatic heterocycles. The van der Waals surface area contributed by atoms with Crippen LogP contribution in [-0.4, -0.2) is 19.6 Å². The van der Waals surface area contributed by atoms with Gasteiger partial charge in [-0.25, -0.2) is 4.39 Å². The molecule has 0 unspecified atom stereocenters. The lowest BCUT2D eigenvalue weighted by Gasteiger charge is -2.11. The molecule has 1 amide bonds. The highest BCUT2D eigenvalue weighted by Crippen LogP contribution is 2.27. The van der Waals surface area contributed by atoms with E-state index in [1.165, 1.54) is 24.3 Å². The van der Waals surface area contributed by atoms with Crippen molar-refractivity contribution in [3.05, 3.63) is 53.8 Å². The lowest BCUT2D eigenvalue weighted by Crippen LogP contribution is -2.20. The number of benzene rings is 2. The van der Waals surface area contributed by atoms with E-state index in [9.17, 15) is 9.18 Å². The zero-order chi connectivity index (χ0) is 15.2. The van der Waals surface area contributed by atoms with Gasteiger partial charge in [-0.2, -0.15) is 0 Å². The Hall–Kier alpha value is -2.56. The van der Waals surface area contributed by atoms with Gasteiger partial charge in [0, 0.05) is 5.69 Å². The second-order valence-corrected chi connectivity index (χ2v) is 4.50. The summed E-state index contributed by atoms with van der Waals surface area (Å²) < 4.78 is 23.4. The monoisotopic (exact) mass is 289 g/mol. The van der Waals surface area contributed by atoms with Gasteiger partial charge < -0.3 is 14.8 Å². The van der Waals surface area contributed by atoms with Crippen molar-refractivity contribution < 1.29 is 18.7 Å². The van der Waals surface area contributed by atoms with Crippen LogP contribution in [0.3, 0.4) is 0 Å². The molecule has 2 aromatic rings. The van der Waals surface area contributed by atoms with E-state index in [-0.39, 0.29) is 18.3 Å². The molecule has 5 heteroatoms. The summed E-state index contributed by atoms with van der Waals surface area (Å²) in [6, 6.07) is 11.0. The summed E-state index contributed by atoms with van der Waals surface area (Å²) in [5.41, 5.74) is 1.55. The number of amides is 1. The van der Waals surface area contributed by atoms with Crippen molar-refractivity contribution in [3.8, 4) is 11.5 Å². The van der Waals surface area contributed by atoms with Gasteiger partial charge in [-0.05, 0) is 48.9 Å². The molecular formula is C16H16FNO3. The van der Waals surface area contributed by atoms with Crippen LogP contribution in [0.2, 0.25) is 0 Å². The summed E-state index contributed by atoms with van der Waals surface area (Å²) in [7, 11) is 1.54. The van der Waals surface area contributed by atoms with Crippen molar-refractivity contribution >= 4 is 11.6 Å². The minimum atomic E-state index is -0.353. The Bertz CT molecular complexity index is 626. The van der Waals surface area contributed by atoms with Gasteiger partial charge in [0.1, 0.15) is 5.82 Å². The Balaban J connectivity index is 1.93. The fraction of sp³-hybridized carbons (Fsp3) is 0.188. The molecule has 0 spiro atoms. The smallest absolute Gasteiger partial charge is 0.262 e. The van der Waals surface area contributed by atoms with Crippen molar-refractivity contribution in [3.63, 3.8) is 0 Å². The van der Waals surface area contributed by atoms with Gasteiger partial charge in [0.25, 0.3) is 5.91 Å². The van der Waals surface area contributed by atoms with E-state index in [4.69, 9.17) is 9.47 Å². The maximum atomic E-state index is 12.8. The van der Waals surface area contributed by atoms with E-state index >= 15 is 0 Å². The number of methoxy groups -OCH3 is 1. The quantitative estimate of drug-likeness (QED) is 0.919. The molecule has 0 aromatic heterocycles. The summed E-state index contributed by atoms with van der Waals surface area (Å²) in [5, 5.41) is 2.62. The van der Waals surface area contributed by atoms with Crippen LogP contribution < -0.4 is 14.8 Å². The number of carbonyl (C=O) groups excluding carboxylic acids is 1. The van der Waals surface area contributed by atoms with Crippen LogP contribution in [0.1, 0.15) is 5.56 Å². The normalized spacial score (nSPS) is 10.0. The summed E-state index contributed by atoms with van der Waals surface area (Å²) in [5.74, 6) is 0.389. The van der Waals surface area contributed by atoms with Crippen molar-refractivity contribution in [2.24, 2.45) is 0 Å². The molecule has 0 atom stereocenters. The fourth-order valence-corrected chi connectivity index (χ4v) is 1.77. The number of nitrogens with one attached hydrogen (secondary N) is 1. The van der Waals surface area contributed by atoms with Gasteiger partial charge in [-0.3, -0.25) is 4.79 Å². The van der Waals surface area contributed by atoms with E-state index in [1.54, 1.807) is 13.2 Å². The molecule has 4 nitrogen and oxygen atoms in total. The van der Waals surface area contributed by atoms with Crippen LogP contribution in [-0.2, 0) is 4.79 Å². The standard InChI is InChI=1S/C16H16FNO3/c1-11-3-8-14(15(9-11)20-2)21-10-16(19)18-13-6-4-12(17)5-7-13/h3-9H,10H2,1-2H3,(H,18,19). The Labute approximate surface area is 122 Å². The average Bonchev–Trinajstić information content (AvgIpc) is 2.48. The predicted molar refractivity (Wildman–Crippen MR) is 78.3 cm³/mol. The fourth-order valence-electron chi connectivity index (χ4n) is 1.77. The molecule has 2 rings (SSSR count). The second kappa shape index (κ2) is 6.74. The minimum Gasteiger partial charge on any atom is -0.493 e. The number of ether oxygens (including phenoxy) is 2. The van der Waals surface area contributed by atoms with Crippen LogP contribution in [0.25, 0.3) is 0 Å². The van der Waals surface area contributed by atoms with Crippen LogP contribution in [0.15, 0.2) is 42.5 Å². The van der Waals surface area contributed by atoms with Gasteiger partial charge in [0.15, 0.2) is 18.1 Å². The Morgan fingerprint density at radius 1 is 1.14 bits per heavy atom. The maximum Gasteiger partial charge on any atom is 0.262 e. The van der Waals surface area contributed by atoms with Crippen molar-refractivity contribution in [1.29, 1.82) is 0 Å². The van der Waals surface area contributed by atoms with Crippen LogP contribution in [0.5, 0.6) is 11.5 Å². The van der Waals surface area contributed by atoms with E-state index in [2.05, 4.69) is 5.32 Å². The Morgan fingerprint density at radius 3 is 2.52 bits per heavy atom. The number of anilines is 1. The van der Waals surface area contributed by atoms with E-state index in [1.807, 2.05) is 19.1 Å². The van der Waals surface area contributed by atoms with Crippen molar-refractivity contribution in [1.82, 2.24) is 0 Å². The summed E-state index contributed by atoms with van der Waals surface area (Å²) in [4.78, 5) is 11.8. The lowest BCUT2D eigenvalue weighted by atomic mass is 10.2. The first-order valence-electron chi connectivity index (χ1n) is 6.41. The number of rotatable bonds is 5. The molecule has 2 aromatic carbocycles. The summed E-state index contributed by atoms with van der Waals surface area (Å²) in [6.45, 7) is 1.78. The van der Waals surface area contributed by atoms with Crippen LogP contribution in [0.4, 0.5) is 10.1 Å². The minimum absolute atomic E-state index is 0.156. The van der Waals surface area contributed by atoms with Gasteiger partial charge in [-0.15, -0.1) is 0 Å². The predicted octanol–water partition coefficient (Wildman–Crippen LogP) is 3.16. The number of carbonyl (C=O) groups is 1. The number of halogens is 1. The molecule has 0 bridgehead atoms. The summed E-state index contributed by atoms with van der Waals surface area (Å²) in [6.07, 6.45) is 0. The third kappa shape index (κ3) is 4.21. The molecule has 110 valence electrons. The maximum absolute atomic E-state index is 12.8. The third-order valence-electron chi connectivity index (χ3n) is 2.81. The molecule has 0 radical (unpaired) electrons. The van der Waals surface area contributed by atoms with E-state index in [0.717, 1.165) is 5.56 Å². The highest BCUT2D eigenvalue weighted by atomic mass is 19.1. The lowest BCUT2D eigenvalue weighted by molar-refractivity contribution is -0.118. The zero-order valence-electron chi connectivity index (χ0n) is 11.9. The molecule has 0 aliphatic rings. The van der Waals surface area contributed by atoms with Crippen LogP contribution in [0, 0.1) is 12.7 Å². The van der Waals surface area contributed by atoms with Crippen LogP contribution >= 0.6 is 0 Å². The van der Waals surface area contributed by atoms with E-state index in [0.29, 0.717) is 17.2 Å². The van der Waals surface area contributed by atoms with Gasteiger partial charge in [0.05, 0.1) is 7.11 Å². The molecule has 0 saturated heterocycles. The van der Waals surface area contributed by atoms with Gasteiger partial charge in [0.2, 0.25) is 0 Å². The van der Waals surface area contributed by atoms with Crippen molar-refractivity contribution in [2.75, 3.05) is 19.0 Å². The second-order valence-electron chi connectivity index (χ2n) is 4.50. The van der Waals surface area contributed by atoms with Crippen molar-refractivity contribution in [2.45, 2.75) is 6.92 Å². The first-order valence-corrected chi connectivity index (χ1v) is 6.41. The molecular weight excluding hydrogens is 273 g/mol. The topological polar surface area (TPSA) is 47.6 Å². The number of hydrogen-bond donors (Lipinski definition) is 1. The van der Waals surface area contributed by atoms with Gasteiger partial charge in [-0.1, -0.05) is 6.07 Å². The number of hydrogen-bond acceptors (Lipinski definition) is 3. The molecule has 21 heavy (non-hydrogen) atoms. The highest BCUT2D eigenvalue weighted by Gasteiger charge is 2.08.